The Kier molecular flexibility index (Phi) is 6.08. The second-order valence-electron chi connectivity index (χ2n) is 7.84. The van der Waals surface area contributed by atoms with E-state index in [9.17, 15) is 13.2 Å². The summed E-state index contributed by atoms with van der Waals surface area (Å²) in [5.74, 6) is 0.152. The van der Waals surface area contributed by atoms with Crippen molar-refractivity contribution in [1.29, 1.82) is 0 Å². The molecule has 2 aromatic carbocycles. The molecule has 1 aliphatic carbocycles. The zero-order chi connectivity index (χ0) is 20.4. The summed E-state index contributed by atoms with van der Waals surface area (Å²) in [7, 11) is -3.43. The number of hydrogen-bond donors (Lipinski definition) is 1. The number of rotatable bonds is 7. The van der Waals surface area contributed by atoms with Gasteiger partial charge in [0.1, 0.15) is 0 Å². The second-order valence-corrected chi connectivity index (χ2v) is 10.5. The van der Waals surface area contributed by atoms with Gasteiger partial charge in [-0.15, -0.1) is 0 Å². The van der Waals surface area contributed by atoms with E-state index in [1.54, 1.807) is 12.1 Å². The minimum absolute atomic E-state index is 0.0935. The van der Waals surface area contributed by atoms with Gasteiger partial charge in [-0.3, -0.25) is 4.79 Å². The molecule has 1 amide bonds. The van der Waals surface area contributed by atoms with Crippen LogP contribution in [0.4, 0.5) is 0 Å². The van der Waals surface area contributed by atoms with E-state index in [0.717, 1.165) is 42.3 Å². The Balaban J connectivity index is 1.36. The summed E-state index contributed by atoms with van der Waals surface area (Å²) >= 11 is 3.51. The van der Waals surface area contributed by atoms with Gasteiger partial charge in [0.05, 0.1) is 10.9 Å². The highest BCUT2D eigenvalue weighted by Crippen LogP contribution is 2.33. The molecule has 1 atom stereocenters. The van der Waals surface area contributed by atoms with Gasteiger partial charge in [-0.1, -0.05) is 40.2 Å². The molecule has 2 fully saturated rings. The van der Waals surface area contributed by atoms with Crippen molar-refractivity contribution in [2.24, 2.45) is 0 Å². The Labute approximate surface area is 180 Å². The number of sulfonamides is 1. The van der Waals surface area contributed by atoms with E-state index in [-0.39, 0.29) is 22.9 Å². The lowest BCUT2D eigenvalue weighted by atomic mass is 10.0. The molecule has 154 valence electrons. The molecule has 0 radical (unpaired) electrons. The van der Waals surface area contributed by atoms with Crippen LogP contribution in [0.3, 0.4) is 0 Å². The fourth-order valence-corrected chi connectivity index (χ4v) is 5.57. The van der Waals surface area contributed by atoms with Crippen molar-refractivity contribution in [3.8, 4) is 0 Å². The number of nitrogens with zero attached hydrogens (tertiary/aromatic N) is 1. The average Bonchev–Trinajstić information content (AvgIpc) is 3.36. The smallest absolute Gasteiger partial charge is 0.240 e. The van der Waals surface area contributed by atoms with Crippen LogP contribution in [0.2, 0.25) is 0 Å². The number of nitrogens with one attached hydrogen (secondary N) is 1. The number of carbonyl (C=O) groups is 1. The number of carbonyl (C=O) groups excluding carboxylic acids is 1. The molecule has 1 N–H and O–H groups in total. The van der Waals surface area contributed by atoms with Gasteiger partial charge in [-0.05, 0) is 67.5 Å². The van der Waals surface area contributed by atoms with Gasteiger partial charge in [0.25, 0.3) is 0 Å². The monoisotopic (exact) mass is 476 g/mol. The maximum atomic E-state index is 12.9. The van der Waals surface area contributed by atoms with Crippen LogP contribution in [-0.4, -0.2) is 31.8 Å². The summed E-state index contributed by atoms with van der Waals surface area (Å²) in [6, 6.07) is 15.3. The summed E-state index contributed by atoms with van der Waals surface area (Å²) in [6.45, 7) is 0.792. The van der Waals surface area contributed by atoms with Crippen LogP contribution in [0.1, 0.15) is 49.3 Å². The molecule has 1 aliphatic heterocycles. The number of aryl methyl sites for hydroxylation is 1. The Morgan fingerprint density at radius 1 is 1.10 bits per heavy atom. The van der Waals surface area contributed by atoms with Crippen molar-refractivity contribution in [2.75, 3.05) is 6.54 Å². The van der Waals surface area contributed by atoms with Crippen molar-refractivity contribution in [1.82, 2.24) is 9.62 Å². The predicted octanol–water partition coefficient (Wildman–Crippen LogP) is 4.19. The number of likely N-dealkylation sites (tertiary alicyclic amines) is 1. The molecule has 0 bridgehead atoms. The summed E-state index contributed by atoms with van der Waals surface area (Å²) in [5.41, 5.74) is 2.14. The van der Waals surface area contributed by atoms with E-state index in [2.05, 4.69) is 32.8 Å². The van der Waals surface area contributed by atoms with E-state index >= 15 is 0 Å². The maximum Gasteiger partial charge on any atom is 0.240 e. The number of hydrogen-bond acceptors (Lipinski definition) is 3. The van der Waals surface area contributed by atoms with E-state index in [1.807, 2.05) is 29.2 Å². The van der Waals surface area contributed by atoms with Gasteiger partial charge in [-0.2, -0.15) is 0 Å². The molecule has 0 spiro atoms. The molecule has 5 nitrogen and oxygen atoms in total. The van der Waals surface area contributed by atoms with Gasteiger partial charge in [0, 0.05) is 23.5 Å². The lowest BCUT2D eigenvalue weighted by Gasteiger charge is -2.25. The highest BCUT2D eigenvalue weighted by molar-refractivity contribution is 9.10. The van der Waals surface area contributed by atoms with E-state index in [4.69, 9.17) is 0 Å². The predicted molar refractivity (Wildman–Crippen MR) is 116 cm³/mol. The minimum atomic E-state index is -3.43. The first-order valence-electron chi connectivity index (χ1n) is 10.1. The Hall–Kier alpha value is -1.70. The average molecular weight is 477 g/mol. The first-order valence-corrected chi connectivity index (χ1v) is 12.4. The van der Waals surface area contributed by atoms with Gasteiger partial charge in [0.15, 0.2) is 0 Å². The highest BCUT2D eigenvalue weighted by atomic mass is 79.9. The van der Waals surface area contributed by atoms with Crippen molar-refractivity contribution in [2.45, 2.75) is 55.5 Å². The van der Waals surface area contributed by atoms with E-state index < -0.39 is 10.0 Å². The van der Waals surface area contributed by atoms with Crippen LogP contribution in [0.5, 0.6) is 0 Å². The molecule has 1 saturated heterocycles. The fraction of sp³-hybridized carbons (Fsp3) is 0.409. The molecule has 0 aromatic heterocycles. The van der Waals surface area contributed by atoms with Crippen LogP contribution in [0.25, 0.3) is 0 Å². The van der Waals surface area contributed by atoms with Crippen molar-refractivity contribution in [3.63, 3.8) is 0 Å². The molecule has 29 heavy (non-hydrogen) atoms. The second kappa shape index (κ2) is 8.58. The third kappa shape index (κ3) is 5.08. The molecule has 7 heteroatoms. The van der Waals surface area contributed by atoms with Crippen molar-refractivity contribution >= 4 is 31.9 Å². The standard InChI is InChI=1S/C22H25BrN2O3S/c23-18-4-1-3-17(15-18)21-5-2-14-25(21)22(26)13-8-16-6-11-20(12-7-16)29(27,28)24-19-9-10-19/h1,3-4,6-7,11-12,15,19,21,24H,2,5,8-10,13-14H2. The topological polar surface area (TPSA) is 66.5 Å². The van der Waals surface area contributed by atoms with Gasteiger partial charge >= 0.3 is 0 Å². The normalized spacial score (nSPS) is 19.5. The zero-order valence-electron chi connectivity index (χ0n) is 16.2. The van der Waals surface area contributed by atoms with E-state index in [0.29, 0.717) is 12.8 Å². The summed E-state index contributed by atoms with van der Waals surface area (Å²) in [4.78, 5) is 15.1. The maximum absolute atomic E-state index is 12.9. The summed E-state index contributed by atoms with van der Waals surface area (Å²) < 4.78 is 28.2. The third-order valence-electron chi connectivity index (χ3n) is 5.57. The largest absolute Gasteiger partial charge is 0.336 e. The van der Waals surface area contributed by atoms with Crippen LogP contribution in [0, 0.1) is 0 Å². The fourth-order valence-electron chi connectivity index (χ4n) is 3.84. The van der Waals surface area contributed by atoms with Crippen LogP contribution >= 0.6 is 15.9 Å². The third-order valence-corrected chi connectivity index (χ3v) is 7.60. The Morgan fingerprint density at radius 2 is 1.86 bits per heavy atom. The van der Waals surface area contributed by atoms with Crippen LogP contribution in [-0.2, 0) is 21.2 Å². The van der Waals surface area contributed by atoms with Gasteiger partial charge < -0.3 is 4.90 Å². The number of benzene rings is 2. The van der Waals surface area contributed by atoms with Gasteiger partial charge in [0.2, 0.25) is 15.9 Å². The van der Waals surface area contributed by atoms with Crippen LogP contribution in [0.15, 0.2) is 57.9 Å². The number of halogens is 1. The zero-order valence-corrected chi connectivity index (χ0v) is 18.6. The molecule has 1 unspecified atom stereocenters. The van der Waals surface area contributed by atoms with Crippen molar-refractivity contribution < 1.29 is 13.2 Å². The molecular formula is C22H25BrN2O3S. The molecule has 1 heterocycles. The Morgan fingerprint density at radius 3 is 2.55 bits per heavy atom. The van der Waals surface area contributed by atoms with Crippen molar-refractivity contribution in [3.05, 3.63) is 64.1 Å². The first kappa shape index (κ1) is 20.6. The molecule has 2 aliphatic rings. The van der Waals surface area contributed by atoms with E-state index in [1.165, 1.54) is 5.56 Å². The quantitative estimate of drug-likeness (QED) is 0.651. The summed E-state index contributed by atoms with van der Waals surface area (Å²) in [5, 5.41) is 0. The minimum Gasteiger partial charge on any atom is -0.336 e. The molecule has 2 aromatic rings. The lowest BCUT2D eigenvalue weighted by Crippen LogP contribution is -2.30. The molecule has 4 rings (SSSR count). The Bertz CT molecular complexity index is 987. The molecule has 1 saturated carbocycles. The first-order chi connectivity index (χ1) is 13.9. The summed E-state index contributed by atoms with van der Waals surface area (Å²) in [6.07, 6.45) is 4.87. The van der Waals surface area contributed by atoms with Crippen LogP contribution < -0.4 is 4.72 Å². The molecular weight excluding hydrogens is 452 g/mol. The SMILES string of the molecule is O=C(CCc1ccc(S(=O)(=O)NC2CC2)cc1)N1CCCC1c1cccc(Br)c1. The lowest BCUT2D eigenvalue weighted by molar-refractivity contribution is -0.132. The highest BCUT2D eigenvalue weighted by Gasteiger charge is 2.30. The number of amides is 1. The van der Waals surface area contributed by atoms with Gasteiger partial charge in [-0.25, -0.2) is 13.1 Å².